The van der Waals surface area contributed by atoms with E-state index in [1.807, 2.05) is 0 Å². The van der Waals surface area contributed by atoms with Crippen LogP contribution in [-0.2, 0) is 11.3 Å². The molecule has 0 saturated heterocycles. The number of benzene rings is 1. The topological polar surface area (TPSA) is 51.0 Å². The highest BCUT2D eigenvalue weighted by Crippen LogP contribution is 2.20. The number of hydrogen-bond acceptors (Lipinski definition) is 3. The molecule has 20 heavy (non-hydrogen) atoms. The van der Waals surface area contributed by atoms with Crippen LogP contribution < -0.4 is 0 Å². The molecular formula is C13H14BrFN4O. The molecule has 1 aromatic heterocycles. The first-order chi connectivity index (χ1) is 9.49. The Hall–Kier alpha value is -1.76. The fourth-order valence-electron chi connectivity index (χ4n) is 1.85. The zero-order chi connectivity index (χ0) is 14.7. The van der Waals surface area contributed by atoms with Gasteiger partial charge in [0.2, 0.25) is 5.91 Å². The normalized spacial score (nSPS) is 12.2. The van der Waals surface area contributed by atoms with Crippen molar-refractivity contribution >= 4 is 21.8 Å². The Morgan fingerprint density at radius 2 is 2.30 bits per heavy atom. The lowest BCUT2D eigenvalue weighted by Gasteiger charge is -2.22. The Labute approximate surface area is 124 Å². The van der Waals surface area contributed by atoms with Crippen LogP contribution in [0.1, 0.15) is 18.5 Å². The van der Waals surface area contributed by atoms with Crippen molar-refractivity contribution in [2.24, 2.45) is 0 Å². The second-order valence-electron chi connectivity index (χ2n) is 4.48. The Morgan fingerprint density at radius 1 is 1.55 bits per heavy atom. The van der Waals surface area contributed by atoms with E-state index in [4.69, 9.17) is 0 Å². The van der Waals surface area contributed by atoms with Gasteiger partial charge in [-0.05, 0) is 30.7 Å². The summed E-state index contributed by atoms with van der Waals surface area (Å²) in [4.78, 5) is 17.6. The van der Waals surface area contributed by atoms with Gasteiger partial charge >= 0.3 is 0 Å². The summed E-state index contributed by atoms with van der Waals surface area (Å²) >= 11 is 3.35. The number of halogens is 2. The molecule has 2 rings (SSSR count). The average molecular weight is 341 g/mol. The summed E-state index contributed by atoms with van der Waals surface area (Å²) in [6.45, 7) is 2.06. The van der Waals surface area contributed by atoms with Crippen LogP contribution >= 0.6 is 15.9 Å². The first kappa shape index (κ1) is 14.6. The van der Waals surface area contributed by atoms with Gasteiger partial charge in [0.05, 0.1) is 0 Å². The van der Waals surface area contributed by atoms with Gasteiger partial charge in [-0.2, -0.15) is 5.10 Å². The second-order valence-corrected chi connectivity index (χ2v) is 5.34. The van der Waals surface area contributed by atoms with Crippen LogP contribution in [0, 0.1) is 5.82 Å². The fraction of sp³-hybridized carbons (Fsp3) is 0.308. The largest absolute Gasteiger partial charge is 0.340 e. The Kier molecular flexibility index (Phi) is 4.49. The third kappa shape index (κ3) is 3.22. The van der Waals surface area contributed by atoms with Crippen molar-refractivity contribution in [1.82, 2.24) is 19.7 Å². The van der Waals surface area contributed by atoms with Gasteiger partial charge in [0.25, 0.3) is 0 Å². The number of amides is 1. The molecule has 0 unspecified atom stereocenters. The van der Waals surface area contributed by atoms with Gasteiger partial charge < -0.3 is 4.90 Å². The van der Waals surface area contributed by atoms with Gasteiger partial charge in [0.1, 0.15) is 24.5 Å². The zero-order valence-electron chi connectivity index (χ0n) is 11.1. The maximum atomic E-state index is 13.2. The molecule has 0 N–H and O–H groups in total. The molecule has 0 aliphatic rings. The summed E-state index contributed by atoms with van der Waals surface area (Å²) in [5, 5.41) is 3.95. The monoisotopic (exact) mass is 340 g/mol. The zero-order valence-corrected chi connectivity index (χ0v) is 12.7. The summed E-state index contributed by atoms with van der Waals surface area (Å²) in [6, 6.07) is 3.96. The molecule has 0 fully saturated rings. The number of nitrogens with zero attached hydrogens (tertiary/aromatic N) is 4. The molecule has 0 bridgehead atoms. The third-order valence-corrected chi connectivity index (χ3v) is 3.76. The van der Waals surface area contributed by atoms with Gasteiger partial charge in [0, 0.05) is 18.1 Å². The highest BCUT2D eigenvalue weighted by molar-refractivity contribution is 9.10. The van der Waals surface area contributed by atoms with E-state index in [2.05, 4.69) is 26.0 Å². The molecule has 0 spiro atoms. The van der Waals surface area contributed by atoms with Crippen LogP contribution in [0.15, 0.2) is 35.3 Å². The molecule has 2 aromatic rings. The standard InChI is InChI=1S/C13H14BrFN4O/c1-9(19-8-16-7-17-19)13(20)18(2)6-10-5-11(15)3-4-12(10)14/h3-5,7-9H,6H2,1-2H3/t9-/m0/s1. The van der Waals surface area contributed by atoms with Crippen molar-refractivity contribution in [3.63, 3.8) is 0 Å². The predicted octanol–water partition coefficient (Wildman–Crippen LogP) is 2.40. The van der Waals surface area contributed by atoms with Crippen LogP contribution in [0.5, 0.6) is 0 Å². The summed E-state index contributed by atoms with van der Waals surface area (Å²) in [7, 11) is 1.67. The average Bonchev–Trinajstić information content (AvgIpc) is 2.95. The predicted molar refractivity (Wildman–Crippen MR) is 75.3 cm³/mol. The van der Waals surface area contributed by atoms with E-state index in [-0.39, 0.29) is 11.7 Å². The minimum Gasteiger partial charge on any atom is -0.340 e. The van der Waals surface area contributed by atoms with Crippen molar-refractivity contribution in [2.45, 2.75) is 19.5 Å². The van der Waals surface area contributed by atoms with Crippen molar-refractivity contribution in [3.05, 3.63) is 46.7 Å². The van der Waals surface area contributed by atoms with Gasteiger partial charge in [-0.3, -0.25) is 4.79 Å². The molecule has 0 radical (unpaired) electrons. The Morgan fingerprint density at radius 3 is 2.95 bits per heavy atom. The molecule has 1 amide bonds. The van der Waals surface area contributed by atoms with Crippen molar-refractivity contribution in [3.8, 4) is 0 Å². The molecule has 0 aliphatic carbocycles. The van der Waals surface area contributed by atoms with Crippen molar-refractivity contribution < 1.29 is 9.18 Å². The highest BCUT2D eigenvalue weighted by atomic mass is 79.9. The Bertz CT molecular complexity index is 602. The van der Waals surface area contributed by atoms with Gasteiger partial charge in [-0.25, -0.2) is 14.1 Å². The number of aromatic nitrogens is 3. The molecule has 1 aromatic carbocycles. The number of likely N-dealkylation sites (N-methyl/N-ethyl adjacent to an activating group) is 1. The van der Waals surface area contributed by atoms with E-state index < -0.39 is 6.04 Å². The number of hydrogen-bond donors (Lipinski definition) is 0. The quantitative estimate of drug-likeness (QED) is 0.858. The van der Waals surface area contributed by atoms with Gasteiger partial charge in [0.15, 0.2) is 0 Å². The molecule has 1 atom stereocenters. The van der Waals surface area contributed by atoms with Crippen molar-refractivity contribution in [2.75, 3.05) is 7.05 Å². The van der Waals surface area contributed by atoms with Crippen LogP contribution in [0.2, 0.25) is 0 Å². The van der Waals surface area contributed by atoms with E-state index in [0.717, 1.165) is 4.47 Å². The van der Waals surface area contributed by atoms with E-state index in [1.165, 1.54) is 34.4 Å². The maximum Gasteiger partial charge on any atom is 0.247 e. The summed E-state index contributed by atoms with van der Waals surface area (Å²) in [5.41, 5.74) is 0.714. The van der Waals surface area contributed by atoms with Crippen LogP contribution in [0.3, 0.4) is 0 Å². The molecule has 1 heterocycles. The molecule has 0 saturated carbocycles. The molecule has 0 aliphatic heterocycles. The molecule has 5 nitrogen and oxygen atoms in total. The smallest absolute Gasteiger partial charge is 0.247 e. The van der Waals surface area contributed by atoms with Crippen molar-refractivity contribution in [1.29, 1.82) is 0 Å². The lowest BCUT2D eigenvalue weighted by molar-refractivity contribution is -0.133. The fourth-order valence-corrected chi connectivity index (χ4v) is 2.22. The summed E-state index contributed by atoms with van der Waals surface area (Å²) in [5.74, 6) is -0.444. The van der Waals surface area contributed by atoms with E-state index in [1.54, 1.807) is 20.0 Å². The van der Waals surface area contributed by atoms with Gasteiger partial charge in [-0.15, -0.1) is 0 Å². The van der Waals surface area contributed by atoms with E-state index in [0.29, 0.717) is 12.1 Å². The van der Waals surface area contributed by atoms with Crippen LogP contribution in [0.4, 0.5) is 4.39 Å². The molecule has 7 heteroatoms. The van der Waals surface area contributed by atoms with E-state index >= 15 is 0 Å². The highest BCUT2D eigenvalue weighted by Gasteiger charge is 2.20. The molecule has 106 valence electrons. The van der Waals surface area contributed by atoms with Crippen LogP contribution in [0.25, 0.3) is 0 Å². The van der Waals surface area contributed by atoms with E-state index in [9.17, 15) is 9.18 Å². The summed E-state index contributed by atoms with van der Waals surface area (Å²) in [6.07, 6.45) is 2.88. The minimum absolute atomic E-state index is 0.119. The Balaban J connectivity index is 2.09. The third-order valence-electron chi connectivity index (χ3n) is 2.98. The number of carbonyl (C=O) groups excluding carboxylic acids is 1. The van der Waals surface area contributed by atoms with Crippen LogP contribution in [-0.4, -0.2) is 32.6 Å². The lowest BCUT2D eigenvalue weighted by Crippen LogP contribution is -2.33. The first-order valence-corrected chi connectivity index (χ1v) is 6.81. The minimum atomic E-state index is -0.449. The SMILES string of the molecule is C[C@@H](C(=O)N(C)Cc1cc(F)ccc1Br)n1cncn1. The van der Waals surface area contributed by atoms with Gasteiger partial charge in [-0.1, -0.05) is 15.9 Å². The number of carbonyl (C=O) groups is 1. The molecular weight excluding hydrogens is 327 g/mol. The second kappa shape index (κ2) is 6.13. The lowest BCUT2D eigenvalue weighted by atomic mass is 10.2. The maximum absolute atomic E-state index is 13.2. The summed E-state index contributed by atoms with van der Waals surface area (Å²) < 4.78 is 15.5. The first-order valence-electron chi connectivity index (χ1n) is 6.02. The number of rotatable bonds is 4.